The lowest BCUT2D eigenvalue weighted by atomic mass is 9.96. The molecule has 0 bridgehead atoms. The highest BCUT2D eigenvalue weighted by molar-refractivity contribution is 7.99. The fourth-order valence-electron chi connectivity index (χ4n) is 8.01. The van der Waals surface area contributed by atoms with E-state index in [4.69, 9.17) is 11.6 Å². The molecule has 5 aromatic rings. The van der Waals surface area contributed by atoms with Crippen LogP contribution < -0.4 is 10.0 Å². The fraction of sp³-hybridized carbons (Fsp3) is 0.364. The summed E-state index contributed by atoms with van der Waals surface area (Å²) in [6.45, 7) is 4.74. The van der Waals surface area contributed by atoms with Crippen LogP contribution in [0.15, 0.2) is 107 Å². The third-order valence-electron chi connectivity index (χ3n) is 11.2. The first kappa shape index (κ1) is 45.3. The Morgan fingerprint density at radius 2 is 1.66 bits per heavy atom. The van der Waals surface area contributed by atoms with Crippen molar-refractivity contribution in [2.24, 2.45) is 0 Å². The standard InChI is InChI=1S/C44H48ClF3N8O4S2/c1-29(25-41(53(2)3)61-34-10-5-4-6-11-34)49-38-18-17-35(26-40(38)56(57)58)62(59,60)52-42-37-21-24-55(28-39(37)50-43(51-42)44(46,47)48)33-19-22-54(23-20-33)27-31-9-7-8-12-36(31)30-13-15-32(45)16-14-30/h4-18,26,29,33,41,49H,19-25,27-28H2,1-3H3,(H,50,51,52). The smallest absolute Gasteiger partial charge is 0.377 e. The van der Waals surface area contributed by atoms with Gasteiger partial charge >= 0.3 is 6.18 Å². The van der Waals surface area contributed by atoms with Gasteiger partial charge < -0.3 is 5.32 Å². The molecule has 0 amide bonds. The van der Waals surface area contributed by atoms with Gasteiger partial charge in [-0.2, -0.15) is 13.2 Å². The van der Waals surface area contributed by atoms with Gasteiger partial charge in [-0.3, -0.25) is 29.5 Å². The Bertz CT molecular complexity index is 2480. The van der Waals surface area contributed by atoms with Crippen molar-refractivity contribution in [3.8, 4) is 11.1 Å². The van der Waals surface area contributed by atoms with Gasteiger partial charge in [0.2, 0.25) is 5.82 Å². The van der Waals surface area contributed by atoms with Gasteiger partial charge in [-0.15, -0.1) is 11.8 Å². The Balaban J connectivity index is 1.04. The number of nitro benzene ring substituents is 1. The van der Waals surface area contributed by atoms with E-state index in [0.29, 0.717) is 18.0 Å². The molecule has 62 heavy (non-hydrogen) atoms. The summed E-state index contributed by atoms with van der Waals surface area (Å²) in [6.07, 6.45) is -2.58. The number of anilines is 2. The van der Waals surface area contributed by atoms with Crippen LogP contribution in [0.1, 0.15) is 48.8 Å². The minimum Gasteiger partial charge on any atom is -0.377 e. The van der Waals surface area contributed by atoms with Crippen molar-refractivity contribution in [2.45, 2.75) is 79.1 Å². The summed E-state index contributed by atoms with van der Waals surface area (Å²) in [6, 6.07) is 29.1. The lowest BCUT2D eigenvalue weighted by molar-refractivity contribution is -0.384. The minimum absolute atomic E-state index is 0.0174. The summed E-state index contributed by atoms with van der Waals surface area (Å²) in [7, 11) is -0.748. The Morgan fingerprint density at radius 1 is 0.968 bits per heavy atom. The molecule has 18 heteroatoms. The summed E-state index contributed by atoms with van der Waals surface area (Å²) in [5, 5.41) is 16.1. The molecule has 1 fully saturated rings. The maximum atomic E-state index is 14.2. The summed E-state index contributed by atoms with van der Waals surface area (Å²) in [4.78, 5) is 26.3. The quantitative estimate of drug-likeness (QED) is 0.0450. The predicted molar refractivity (Wildman–Crippen MR) is 238 cm³/mol. The van der Waals surface area contributed by atoms with E-state index in [-0.39, 0.29) is 47.4 Å². The van der Waals surface area contributed by atoms with Crippen molar-refractivity contribution in [1.29, 1.82) is 0 Å². The number of benzene rings is 4. The highest BCUT2D eigenvalue weighted by Gasteiger charge is 2.39. The van der Waals surface area contributed by atoms with Crippen molar-refractivity contribution in [2.75, 3.05) is 43.8 Å². The zero-order valence-corrected chi connectivity index (χ0v) is 36.9. The van der Waals surface area contributed by atoms with Crippen LogP contribution in [-0.2, 0) is 35.7 Å². The monoisotopic (exact) mass is 908 g/mol. The molecular formula is C44H48ClF3N8O4S2. The highest BCUT2D eigenvalue weighted by atomic mass is 35.5. The van der Waals surface area contributed by atoms with Crippen molar-refractivity contribution >= 4 is 50.6 Å². The van der Waals surface area contributed by atoms with Gasteiger partial charge in [0.05, 0.1) is 20.9 Å². The van der Waals surface area contributed by atoms with E-state index in [1.807, 2.05) is 87.7 Å². The van der Waals surface area contributed by atoms with E-state index < -0.39 is 43.3 Å². The van der Waals surface area contributed by atoms with Gasteiger partial charge in [-0.05, 0) is 113 Å². The van der Waals surface area contributed by atoms with Gasteiger partial charge in [-0.1, -0.05) is 66.2 Å². The van der Waals surface area contributed by atoms with Gasteiger partial charge in [0.15, 0.2) is 0 Å². The molecule has 0 spiro atoms. The minimum atomic E-state index is -4.96. The van der Waals surface area contributed by atoms with E-state index in [1.54, 1.807) is 11.8 Å². The molecule has 2 N–H and O–H groups in total. The number of nitrogens with one attached hydrogen (secondary N) is 2. The van der Waals surface area contributed by atoms with Crippen LogP contribution >= 0.6 is 23.4 Å². The first-order valence-corrected chi connectivity index (χ1v) is 23.0. The van der Waals surface area contributed by atoms with E-state index in [1.165, 1.54) is 17.7 Å². The molecule has 12 nitrogen and oxygen atoms in total. The van der Waals surface area contributed by atoms with Crippen molar-refractivity contribution in [3.05, 3.63) is 135 Å². The molecule has 0 saturated carbocycles. The SMILES string of the molecule is CC(CC(Sc1ccccc1)N(C)C)Nc1ccc(S(=O)(=O)Nc2nc(C(F)(F)F)nc3c2CCN(C2CCN(Cc4ccccc4-c4ccc(Cl)cc4)CC2)C3)cc1[N+](=O)[O-]. The lowest BCUT2D eigenvalue weighted by Crippen LogP contribution is -2.46. The second kappa shape index (κ2) is 19.3. The van der Waals surface area contributed by atoms with E-state index in [2.05, 4.69) is 46.8 Å². The Morgan fingerprint density at radius 3 is 2.34 bits per heavy atom. The number of aromatic nitrogens is 2. The normalized spacial score (nSPS) is 16.5. The van der Waals surface area contributed by atoms with Crippen LogP contribution in [0.25, 0.3) is 11.1 Å². The summed E-state index contributed by atoms with van der Waals surface area (Å²) < 4.78 is 72.6. The summed E-state index contributed by atoms with van der Waals surface area (Å²) in [5.41, 5.74) is 3.36. The Kier molecular flexibility index (Phi) is 14.1. The number of thioether (sulfide) groups is 1. The molecule has 7 rings (SSSR count). The molecule has 1 saturated heterocycles. The summed E-state index contributed by atoms with van der Waals surface area (Å²) in [5.74, 6) is -1.95. The number of nitro groups is 1. The van der Waals surface area contributed by atoms with Gasteiger partial charge in [0, 0.05) is 53.3 Å². The van der Waals surface area contributed by atoms with Crippen LogP contribution in [0, 0.1) is 10.1 Å². The zero-order valence-electron chi connectivity index (χ0n) is 34.5. The summed E-state index contributed by atoms with van der Waals surface area (Å²) >= 11 is 7.77. The van der Waals surface area contributed by atoms with Crippen LogP contribution in [0.4, 0.5) is 30.4 Å². The number of rotatable bonds is 15. The number of hydrogen-bond acceptors (Lipinski definition) is 11. The average Bonchev–Trinajstić information content (AvgIpc) is 3.24. The molecule has 0 aliphatic carbocycles. The Labute approximate surface area is 369 Å². The topological polar surface area (TPSA) is 137 Å². The van der Waals surface area contributed by atoms with Gasteiger partial charge in [0.25, 0.3) is 15.7 Å². The molecule has 1 aromatic heterocycles. The first-order valence-electron chi connectivity index (χ1n) is 20.3. The number of halogens is 4. The van der Waals surface area contributed by atoms with Crippen LogP contribution in [0.2, 0.25) is 5.02 Å². The number of piperidine rings is 1. The van der Waals surface area contributed by atoms with E-state index >= 15 is 0 Å². The maximum absolute atomic E-state index is 14.2. The molecule has 2 aliphatic heterocycles. The largest absolute Gasteiger partial charge is 0.451 e. The molecular weight excluding hydrogens is 861 g/mol. The maximum Gasteiger partial charge on any atom is 0.451 e. The number of sulfonamides is 1. The molecule has 4 aromatic carbocycles. The highest BCUT2D eigenvalue weighted by Crippen LogP contribution is 2.36. The third kappa shape index (κ3) is 11.0. The lowest BCUT2D eigenvalue weighted by Gasteiger charge is -2.40. The fourth-order valence-corrected chi connectivity index (χ4v) is 10.4. The third-order valence-corrected chi connectivity index (χ3v) is 14.3. The molecule has 2 atom stereocenters. The number of likely N-dealkylation sites (tertiary alicyclic amines) is 1. The molecule has 2 unspecified atom stereocenters. The number of nitrogens with zero attached hydrogens (tertiary/aromatic N) is 6. The van der Waals surface area contributed by atoms with Crippen LogP contribution in [0.3, 0.4) is 0 Å². The average molecular weight is 910 g/mol. The first-order chi connectivity index (χ1) is 29.5. The zero-order chi connectivity index (χ0) is 44.2. The van der Waals surface area contributed by atoms with Gasteiger partial charge in [-0.25, -0.2) is 18.4 Å². The van der Waals surface area contributed by atoms with E-state index in [0.717, 1.165) is 54.6 Å². The molecule has 328 valence electrons. The van der Waals surface area contributed by atoms with Crippen molar-refractivity contribution in [1.82, 2.24) is 24.7 Å². The number of fused-ring (bicyclic) bond motifs is 1. The van der Waals surface area contributed by atoms with E-state index in [9.17, 15) is 31.7 Å². The molecule has 3 heterocycles. The van der Waals surface area contributed by atoms with Crippen molar-refractivity contribution < 1.29 is 26.5 Å². The number of alkyl halides is 3. The van der Waals surface area contributed by atoms with Crippen molar-refractivity contribution in [3.63, 3.8) is 0 Å². The van der Waals surface area contributed by atoms with Crippen LogP contribution in [-0.4, -0.2) is 89.2 Å². The molecule has 0 radical (unpaired) electrons. The second-order valence-electron chi connectivity index (χ2n) is 15.9. The van der Waals surface area contributed by atoms with Gasteiger partial charge in [0.1, 0.15) is 11.5 Å². The van der Waals surface area contributed by atoms with Crippen LogP contribution in [0.5, 0.6) is 0 Å². The second-order valence-corrected chi connectivity index (χ2v) is 19.3. The molecule has 2 aliphatic rings. The predicted octanol–water partition coefficient (Wildman–Crippen LogP) is 9.42. The number of hydrogen-bond donors (Lipinski definition) is 2. The Hall–Kier alpha value is -4.78.